The lowest BCUT2D eigenvalue weighted by molar-refractivity contribution is -0.139. The number of Topliss-reactive ketones (excluding diaryl/α,β-unsaturated/α-hetero) is 1. The summed E-state index contributed by atoms with van der Waals surface area (Å²) in [6.45, 7) is 1.62. The van der Waals surface area contributed by atoms with E-state index in [2.05, 4.69) is 10.6 Å². The summed E-state index contributed by atoms with van der Waals surface area (Å²) in [6.07, 6.45) is -0.136. The van der Waals surface area contributed by atoms with Gasteiger partial charge >= 0.3 is 6.18 Å². The molecule has 1 atom stereocenters. The maximum atomic E-state index is 13.7. The van der Waals surface area contributed by atoms with E-state index in [-0.39, 0.29) is 52.4 Å². The zero-order valence-corrected chi connectivity index (χ0v) is 20.9. The molecule has 2 aromatic carbocycles. The monoisotopic (exact) mass is 540 g/mol. The number of rotatable bonds is 10. The molecule has 0 bridgehead atoms. The fraction of sp³-hybridized carbons (Fsp3) is 0.346. The molecule has 1 aliphatic carbocycles. The summed E-state index contributed by atoms with van der Waals surface area (Å²) < 4.78 is 41.1. The summed E-state index contributed by atoms with van der Waals surface area (Å²) in [5, 5.41) is 5.31. The highest BCUT2D eigenvalue weighted by molar-refractivity contribution is 6.34. The molecule has 0 aliphatic heterocycles. The molecule has 1 fully saturated rings. The van der Waals surface area contributed by atoms with Crippen molar-refractivity contribution in [1.82, 2.24) is 10.6 Å². The zero-order valence-electron chi connectivity index (χ0n) is 19.4. The molecule has 2 N–H and O–H groups in total. The highest BCUT2D eigenvalue weighted by Crippen LogP contribution is 2.38. The highest BCUT2D eigenvalue weighted by Gasteiger charge is 2.39. The van der Waals surface area contributed by atoms with Gasteiger partial charge in [-0.05, 0) is 60.7 Å². The van der Waals surface area contributed by atoms with Gasteiger partial charge in [-0.25, -0.2) is 0 Å². The van der Waals surface area contributed by atoms with Gasteiger partial charge in [-0.15, -0.1) is 0 Å². The van der Waals surface area contributed by atoms with Gasteiger partial charge in [0.15, 0.2) is 0 Å². The fourth-order valence-corrected chi connectivity index (χ4v) is 4.21. The number of carbonyl (C=O) groups excluding carboxylic acids is 3. The first-order valence-electron chi connectivity index (χ1n) is 11.3. The van der Waals surface area contributed by atoms with Crippen LogP contribution in [0.25, 0.3) is 6.08 Å². The Morgan fingerprint density at radius 2 is 1.72 bits per heavy atom. The highest BCUT2D eigenvalue weighted by atomic mass is 35.5. The van der Waals surface area contributed by atoms with Gasteiger partial charge in [-0.1, -0.05) is 47.5 Å². The Morgan fingerprint density at radius 1 is 1.06 bits per heavy atom. The number of nitrogens with one attached hydrogen (secondary N) is 2. The predicted molar refractivity (Wildman–Crippen MR) is 133 cm³/mol. The minimum atomic E-state index is -4.56. The van der Waals surface area contributed by atoms with Crippen LogP contribution in [0.3, 0.4) is 0 Å². The van der Waals surface area contributed by atoms with Crippen LogP contribution < -0.4 is 10.6 Å². The van der Waals surface area contributed by atoms with Gasteiger partial charge in [0.2, 0.25) is 5.91 Å². The molecule has 10 heteroatoms. The number of hydrogen-bond donors (Lipinski definition) is 2. The van der Waals surface area contributed by atoms with Crippen LogP contribution in [0, 0.1) is 12.8 Å². The van der Waals surface area contributed by atoms with Crippen molar-refractivity contribution in [2.45, 2.75) is 38.3 Å². The molecule has 192 valence electrons. The van der Waals surface area contributed by atoms with Crippen molar-refractivity contribution in [2.75, 3.05) is 13.1 Å². The molecule has 0 spiro atoms. The molecule has 2 amide bonds. The number of amides is 2. The summed E-state index contributed by atoms with van der Waals surface area (Å²) in [5.74, 6) is -2.55. The van der Waals surface area contributed by atoms with E-state index in [9.17, 15) is 27.6 Å². The van der Waals surface area contributed by atoms with Gasteiger partial charge in [0.05, 0.1) is 12.5 Å². The first-order chi connectivity index (χ1) is 16.9. The summed E-state index contributed by atoms with van der Waals surface area (Å²) in [5.41, 5.74) is 1.20. The Bertz CT molecular complexity index is 1160. The largest absolute Gasteiger partial charge is 0.399 e. The van der Waals surface area contributed by atoms with Crippen molar-refractivity contribution >= 4 is 46.9 Å². The topological polar surface area (TPSA) is 75.3 Å². The third-order valence-corrected chi connectivity index (χ3v) is 6.15. The van der Waals surface area contributed by atoms with Crippen molar-refractivity contribution in [3.63, 3.8) is 0 Å². The fourth-order valence-electron chi connectivity index (χ4n) is 3.67. The van der Waals surface area contributed by atoms with Crippen LogP contribution in [0.5, 0.6) is 0 Å². The van der Waals surface area contributed by atoms with E-state index in [0.717, 1.165) is 18.9 Å². The minimum absolute atomic E-state index is 0.0841. The van der Waals surface area contributed by atoms with E-state index in [4.69, 9.17) is 23.2 Å². The van der Waals surface area contributed by atoms with Crippen molar-refractivity contribution in [3.05, 3.63) is 74.8 Å². The Labute approximate surface area is 217 Å². The smallest absolute Gasteiger partial charge is 0.354 e. The van der Waals surface area contributed by atoms with E-state index < -0.39 is 23.9 Å². The van der Waals surface area contributed by atoms with Crippen LogP contribution in [0.4, 0.5) is 13.2 Å². The normalized spacial score (nSPS) is 14.5. The summed E-state index contributed by atoms with van der Waals surface area (Å²) in [4.78, 5) is 36.0. The summed E-state index contributed by atoms with van der Waals surface area (Å²) in [7, 11) is 0. The average Bonchev–Trinajstić information content (AvgIpc) is 3.61. The molecule has 0 aromatic heterocycles. The molecule has 5 nitrogen and oxygen atoms in total. The second-order valence-corrected chi connectivity index (χ2v) is 9.55. The Hall–Kier alpha value is -2.84. The first kappa shape index (κ1) is 27.7. The second kappa shape index (κ2) is 11.9. The molecule has 0 heterocycles. The maximum absolute atomic E-state index is 13.7. The van der Waals surface area contributed by atoms with Crippen LogP contribution in [0.1, 0.15) is 52.2 Å². The van der Waals surface area contributed by atoms with E-state index in [1.807, 2.05) is 0 Å². The predicted octanol–water partition coefficient (Wildman–Crippen LogP) is 5.88. The number of halogens is 5. The molecule has 3 rings (SSSR count). The van der Waals surface area contributed by atoms with Crippen LogP contribution in [-0.4, -0.2) is 36.9 Å². The van der Waals surface area contributed by atoms with Gasteiger partial charge < -0.3 is 10.6 Å². The summed E-state index contributed by atoms with van der Waals surface area (Å²) >= 11 is 11.7. The first-order valence-corrected chi connectivity index (χ1v) is 12.1. The molecule has 2 aromatic rings. The molecular formula is C26H25Cl2F3N2O3. The number of allylic oxidation sites excluding steroid dienone is 1. The van der Waals surface area contributed by atoms with Crippen molar-refractivity contribution in [1.29, 1.82) is 0 Å². The van der Waals surface area contributed by atoms with E-state index in [1.165, 1.54) is 36.4 Å². The Balaban J connectivity index is 1.60. The number of aryl methyl sites for hydroxylation is 1. The molecule has 0 saturated heterocycles. The molecule has 1 unspecified atom stereocenters. The zero-order chi connectivity index (χ0) is 26.5. The van der Waals surface area contributed by atoms with Gasteiger partial charge in [-0.3, -0.25) is 14.4 Å². The molecule has 1 aliphatic rings. The Morgan fingerprint density at radius 3 is 2.31 bits per heavy atom. The SMILES string of the molecule is Cc1cc(/C=C/C(c2cc(Cl)cc(Cl)c2)C(F)(F)F)ccc1C(=O)NCC(=O)NCCC(=O)C1CC1. The van der Waals surface area contributed by atoms with Crippen LogP contribution in [-0.2, 0) is 9.59 Å². The van der Waals surface area contributed by atoms with Crippen LogP contribution in [0.15, 0.2) is 42.5 Å². The van der Waals surface area contributed by atoms with Gasteiger partial charge in [0.1, 0.15) is 5.78 Å². The van der Waals surface area contributed by atoms with E-state index in [0.29, 0.717) is 11.1 Å². The van der Waals surface area contributed by atoms with Crippen molar-refractivity contribution < 1.29 is 27.6 Å². The quantitative estimate of drug-likeness (QED) is 0.395. The molecule has 0 radical (unpaired) electrons. The van der Waals surface area contributed by atoms with Crippen LogP contribution in [0.2, 0.25) is 10.0 Å². The van der Waals surface area contributed by atoms with Gasteiger partial charge in [-0.2, -0.15) is 13.2 Å². The number of hydrogen-bond acceptors (Lipinski definition) is 3. The van der Waals surface area contributed by atoms with Crippen molar-refractivity contribution in [2.24, 2.45) is 5.92 Å². The van der Waals surface area contributed by atoms with Gasteiger partial charge in [0.25, 0.3) is 5.91 Å². The number of ketones is 1. The molecular weight excluding hydrogens is 516 g/mol. The lowest BCUT2D eigenvalue weighted by Gasteiger charge is -2.18. The maximum Gasteiger partial charge on any atom is 0.399 e. The lowest BCUT2D eigenvalue weighted by atomic mass is 9.96. The summed E-state index contributed by atoms with van der Waals surface area (Å²) in [6, 6.07) is 8.37. The van der Waals surface area contributed by atoms with Gasteiger partial charge in [0, 0.05) is 34.5 Å². The lowest BCUT2D eigenvalue weighted by Crippen LogP contribution is -2.38. The van der Waals surface area contributed by atoms with Crippen molar-refractivity contribution in [3.8, 4) is 0 Å². The van der Waals surface area contributed by atoms with E-state index in [1.54, 1.807) is 13.0 Å². The standard InChI is InChI=1S/C26H25Cl2F3N2O3/c1-15-10-16(3-7-22(26(29,30)31)18-11-19(27)13-20(28)12-18)2-6-21(15)25(36)33-14-24(35)32-9-8-23(34)17-4-5-17/h2-3,6-7,10-13,17,22H,4-5,8-9,14H2,1H3,(H,32,35)(H,33,36)/b7-3+. The molecule has 36 heavy (non-hydrogen) atoms. The minimum Gasteiger partial charge on any atom is -0.354 e. The van der Waals surface area contributed by atoms with Crippen LogP contribution >= 0.6 is 23.2 Å². The third-order valence-electron chi connectivity index (χ3n) is 5.71. The number of benzene rings is 2. The number of carbonyl (C=O) groups is 3. The van der Waals surface area contributed by atoms with E-state index >= 15 is 0 Å². The third kappa shape index (κ3) is 8.10. The molecule has 1 saturated carbocycles. The second-order valence-electron chi connectivity index (χ2n) is 8.68. The average molecular weight is 541 g/mol. The Kier molecular flexibility index (Phi) is 9.19. The number of alkyl halides is 3.